The summed E-state index contributed by atoms with van der Waals surface area (Å²) in [4.78, 5) is 14.4. The van der Waals surface area contributed by atoms with Crippen molar-refractivity contribution in [2.75, 3.05) is 39.4 Å². The Morgan fingerprint density at radius 3 is 2.90 bits per heavy atom. The monoisotopic (exact) mass is 562 g/mol. The molecule has 2 aromatic rings. The van der Waals surface area contributed by atoms with Crippen molar-refractivity contribution in [2.24, 2.45) is 4.99 Å². The predicted molar refractivity (Wildman–Crippen MR) is 136 cm³/mol. The third-order valence-electron chi connectivity index (χ3n) is 5.26. The second-order valence-corrected chi connectivity index (χ2v) is 9.64. The van der Waals surface area contributed by atoms with E-state index >= 15 is 0 Å². The van der Waals surface area contributed by atoms with Crippen molar-refractivity contribution in [2.45, 2.75) is 45.3 Å². The lowest BCUT2D eigenvalue weighted by atomic mass is 10.1. The lowest BCUT2D eigenvalue weighted by Crippen LogP contribution is -2.53. The van der Waals surface area contributed by atoms with Gasteiger partial charge in [0, 0.05) is 49.5 Å². The molecule has 30 heavy (non-hydrogen) atoms. The molecule has 0 spiro atoms. The number of morpholine rings is 1. The van der Waals surface area contributed by atoms with Gasteiger partial charge < -0.3 is 19.7 Å². The number of thiophene rings is 1. The van der Waals surface area contributed by atoms with E-state index in [4.69, 9.17) is 14.5 Å². The number of halogens is 1. The van der Waals surface area contributed by atoms with Crippen molar-refractivity contribution in [1.82, 2.24) is 15.2 Å². The van der Waals surface area contributed by atoms with E-state index in [9.17, 15) is 0 Å². The maximum absolute atomic E-state index is 5.99. The summed E-state index contributed by atoms with van der Waals surface area (Å²) in [5.41, 5.74) is 1.09. The van der Waals surface area contributed by atoms with E-state index < -0.39 is 0 Å². The van der Waals surface area contributed by atoms with Gasteiger partial charge in [0.15, 0.2) is 5.96 Å². The van der Waals surface area contributed by atoms with Gasteiger partial charge in [-0.2, -0.15) is 0 Å². The maximum Gasteiger partial charge on any atom is 0.194 e. The molecule has 0 amide bonds. The Balaban J connectivity index is 0.00000256. The van der Waals surface area contributed by atoms with Crippen LogP contribution in [0.4, 0.5) is 0 Å². The molecule has 0 radical (unpaired) electrons. The minimum atomic E-state index is 0. The quantitative estimate of drug-likeness (QED) is 0.325. The van der Waals surface area contributed by atoms with Crippen LogP contribution < -0.4 is 5.32 Å². The van der Waals surface area contributed by atoms with Gasteiger partial charge in [0.1, 0.15) is 6.10 Å². The second kappa shape index (κ2) is 11.8. The molecule has 4 heterocycles. The van der Waals surface area contributed by atoms with E-state index in [0.717, 1.165) is 75.3 Å². The second-order valence-electron chi connectivity index (χ2n) is 7.41. The average molecular weight is 563 g/mol. The van der Waals surface area contributed by atoms with Gasteiger partial charge in [0.2, 0.25) is 0 Å². The van der Waals surface area contributed by atoms with Crippen molar-refractivity contribution in [3.8, 4) is 10.6 Å². The zero-order chi connectivity index (χ0) is 20.1. The summed E-state index contributed by atoms with van der Waals surface area (Å²) in [5.74, 6) is 0.991. The first-order valence-corrected chi connectivity index (χ1v) is 12.2. The highest BCUT2D eigenvalue weighted by Gasteiger charge is 2.32. The fourth-order valence-corrected chi connectivity index (χ4v) is 5.46. The van der Waals surface area contributed by atoms with Crippen molar-refractivity contribution in [1.29, 1.82) is 0 Å². The summed E-state index contributed by atoms with van der Waals surface area (Å²) < 4.78 is 11.8. The summed E-state index contributed by atoms with van der Waals surface area (Å²) >= 11 is 3.52. The number of guanidine groups is 1. The number of nitrogens with zero attached hydrogens (tertiary/aromatic N) is 3. The molecule has 2 aromatic heterocycles. The minimum absolute atomic E-state index is 0. The lowest BCUT2D eigenvalue weighted by Gasteiger charge is -2.37. The molecule has 2 aliphatic heterocycles. The number of aliphatic imine (C=N–C) groups is 1. The standard InChI is InChI=1S/C21H30N4O2S2.HI/c1-3-22-21(25-10-12-27-19(13-25)18-5-4-11-26-18)23-9-8-16-6-7-20(29-16)17-14-28-15(2)24-17;/h6-7,14,18-19H,3-5,8-13H2,1-2H3,(H,22,23);1H. The molecular weight excluding hydrogens is 531 g/mol. The number of thiazole rings is 1. The number of rotatable bonds is 6. The van der Waals surface area contributed by atoms with Gasteiger partial charge in [0.05, 0.1) is 28.3 Å². The van der Waals surface area contributed by atoms with Crippen molar-refractivity contribution >= 4 is 52.6 Å². The van der Waals surface area contributed by atoms with Crippen molar-refractivity contribution in [3.05, 3.63) is 27.4 Å². The average Bonchev–Trinajstić information content (AvgIpc) is 3.49. The topological polar surface area (TPSA) is 59.0 Å². The number of nitrogens with one attached hydrogen (secondary N) is 1. The number of hydrogen-bond acceptors (Lipinski definition) is 6. The highest BCUT2D eigenvalue weighted by molar-refractivity contribution is 14.0. The van der Waals surface area contributed by atoms with Gasteiger partial charge in [-0.05, 0) is 38.8 Å². The molecular formula is C21H31IN4O2S2. The molecule has 9 heteroatoms. The number of aryl methyl sites for hydroxylation is 1. The molecule has 2 atom stereocenters. The van der Waals surface area contributed by atoms with Crippen LogP contribution in [0.2, 0.25) is 0 Å². The summed E-state index contributed by atoms with van der Waals surface area (Å²) in [6, 6.07) is 4.39. The van der Waals surface area contributed by atoms with Gasteiger partial charge in [-0.15, -0.1) is 46.7 Å². The Morgan fingerprint density at radius 2 is 2.17 bits per heavy atom. The third kappa shape index (κ3) is 6.15. The van der Waals surface area contributed by atoms with E-state index in [-0.39, 0.29) is 36.2 Å². The lowest BCUT2D eigenvalue weighted by molar-refractivity contribution is -0.0817. The Morgan fingerprint density at radius 1 is 1.30 bits per heavy atom. The Hall–Kier alpha value is -0.750. The summed E-state index contributed by atoms with van der Waals surface area (Å²) in [7, 11) is 0. The molecule has 166 valence electrons. The van der Waals surface area contributed by atoms with Crippen LogP contribution >= 0.6 is 46.7 Å². The molecule has 2 saturated heterocycles. The zero-order valence-corrected chi connectivity index (χ0v) is 21.6. The molecule has 2 fully saturated rings. The normalized spacial score (nSPS) is 22.2. The smallest absolute Gasteiger partial charge is 0.194 e. The molecule has 0 bridgehead atoms. The van der Waals surface area contributed by atoms with E-state index in [0.29, 0.717) is 0 Å². The van der Waals surface area contributed by atoms with Crippen LogP contribution in [-0.4, -0.2) is 67.4 Å². The summed E-state index contributed by atoms with van der Waals surface area (Å²) in [6.45, 7) is 9.14. The van der Waals surface area contributed by atoms with Gasteiger partial charge in [-0.1, -0.05) is 0 Å². The molecule has 2 aliphatic rings. The van der Waals surface area contributed by atoms with Crippen molar-refractivity contribution < 1.29 is 9.47 Å². The highest BCUT2D eigenvalue weighted by Crippen LogP contribution is 2.29. The molecule has 6 nitrogen and oxygen atoms in total. The van der Waals surface area contributed by atoms with Crippen LogP contribution in [0, 0.1) is 6.92 Å². The summed E-state index contributed by atoms with van der Waals surface area (Å²) in [5, 5.41) is 6.70. The number of hydrogen-bond donors (Lipinski definition) is 1. The van der Waals surface area contributed by atoms with Crippen LogP contribution in [0.25, 0.3) is 10.6 Å². The van der Waals surface area contributed by atoms with Gasteiger partial charge in [-0.3, -0.25) is 4.99 Å². The van der Waals surface area contributed by atoms with Crippen LogP contribution in [0.1, 0.15) is 29.7 Å². The third-order valence-corrected chi connectivity index (χ3v) is 7.20. The predicted octanol–water partition coefficient (Wildman–Crippen LogP) is 4.19. The minimum Gasteiger partial charge on any atom is -0.375 e. The fraction of sp³-hybridized carbons (Fsp3) is 0.619. The first-order chi connectivity index (χ1) is 14.2. The SMILES string of the molecule is CCNC(=NCCc1ccc(-c2csc(C)n2)s1)N1CCOC(C2CCCO2)C1.I. The molecule has 2 unspecified atom stereocenters. The summed E-state index contributed by atoms with van der Waals surface area (Å²) in [6.07, 6.45) is 3.58. The first-order valence-electron chi connectivity index (χ1n) is 10.5. The maximum atomic E-state index is 5.99. The number of aromatic nitrogens is 1. The Labute approximate surface area is 204 Å². The largest absolute Gasteiger partial charge is 0.375 e. The molecule has 0 aliphatic carbocycles. The van der Waals surface area contributed by atoms with Gasteiger partial charge >= 0.3 is 0 Å². The Bertz CT molecular complexity index is 820. The highest BCUT2D eigenvalue weighted by atomic mass is 127. The van der Waals surface area contributed by atoms with Crippen LogP contribution in [0.3, 0.4) is 0 Å². The van der Waals surface area contributed by atoms with Crippen LogP contribution in [-0.2, 0) is 15.9 Å². The molecule has 0 aromatic carbocycles. The number of ether oxygens (including phenoxy) is 2. The van der Waals surface area contributed by atoms with E-state index in [1.165, 1.54) is 9.75 Å². The van der Waals surface area contributed by atoms with Crippen LogP contribution in [0.5, 0.6) is 0 Å². The van der Waals surface area contributed by atoms with E-state index in [2.05, 4.69) is 46.6 Å². The molecule has 1 N–H and O–H groups in total. The molecule has 4 rings (SSSR count). The van der Waals surface area contributed by atoms with Crippen LogP contribution in [0.15, 0.2) is 22.5 Å². The van der Waals surface area contributed by atoms with Crippen molar-refractivity contribution in [3.63, 3.8) is 0 Å². The van der Waals surface area contributed by atoms with E-state index in [1.807, 2.05) is 11.3 Å². The van der Waals surface area contributed by atoms with Gasteiger partial charge in [0.25, 0.3) is 0 Å². The molecule has 0 saturated carbocycles. The zero-order valence-electron chi connectivity index (χ0n) is 17.6. The fourth-order valence-electron chi connectivity index (χ4n) is 3.81. The first kappa shape index (κ1) is 23.9. The van der Waals surface area contributed by atoms with E-state index in [1.54, 1.807) is 11.3 Å². The van der Waals surface area contributed by atoms with Gasteiger partial charge in [-0.25, -0.2) is 4.98 Å². The Kier molecular flexibility index (Phi) is 9.36.